The Morgan fingerprint density at radius 3 is 2.80 bits per heavy atom. The number of alkyl halides is 1. The third-order valence-electron chi connectivity index (χ3n) is 1.31. The molecule has 10 heavy (non-hydrogen) atoms. The van der Waals surface area contributed by atoms with Gasteiger partial charge in [0.15, 0.2) is 0 Å². The van der Waals surface area contributed by atoms with Crippen LogP contribution in [0.25, 0.3) is 0 Å². The molecule has 0 saturated heterocycles. The van der Waals surface area contributed by atoms with Crippen LogP contribution in [0.5, 0.6) is 0 Å². The molecule has 1 aliphatic carbocycles. The first kappa shape index (κ1) is 7.61. The van der Waals surface area contributed by atoms with E-state index < -0.39 is 0 Å². The third-order valence-corrected chi connectivity index (χ3v) is 1.63. The highest BCUT2D eigenvalue weighted by molar-refractivity contribution is 6.22. The molecule has 0 amide bonds. The molecule has 0 bridgehead atoms. The fourth-order valence-electron chi connectivity index (χ4n) is 0.924. The third kappa shape index (κ3) is 2.03. The quantitative estimate of drug-likeness (QED) is 0.330. The molecule has 0 spiro atoms. The standard InChI is InChI=1S/C7H9ClO2/c1-5(9)10-7-3-2-6(8)4-7/h2-3,6-7H,4H2,1H3. The van der Waals surface area contributed by atoms with E-state index in [0.717, 1.165) is 0 Å². The zero-order valence-corrected chi connectivity index (χ0v) is 6.47. The van der Waals surface area contributed by atoms with Gasteiger partial charge in [0.2, 0.25) is 0 Å². The Kier molecular flexibility index (Phi) is 2.33. The van der Waals surface area contributed by atoms with E-state index in [9.17, 15) is 4.79 Å². The summed E-state index contributed by atoms with van der Waals surface area (Å²) in [6.45, 7) is 1.40. The largest absolute Gasteiger partial charge is 0.458 e. The fourth-order valence-corrected chi connectivity index (χ4v) is 1.18. The van der Waals surface area contributed by atoms with Gasteiger partial charge in [-0.25, -0.2) is 0 Å². The molecular weight excluding hydrogens is 152 g/mol. The van der Waals surface area contributed by atoms with Gasteiger partial charge in [0, 0.05) is 13.3 Å². The first-order valence-corrected chi connectivity index (χ1v) is 3.62. The second kappa shape index (κ2) is 3.06. The number of carbonyl (C=O) groups excluding carboxylic acids is 1. The van der Waals surface area contributed by atoms with Gasteiger partial charge in [0.05, 0.1) is 5.38 Å². The summed E-state index contributed by atoms with van der Waals surface area (Å²) in [7, 11) is 0. The number of hydrogen-bond donors (Lipinski definition) is 0. The minimum absolute atomic E-state index is 0.0318. The van der Waals surface area contributed by atoms with Crippen molar-refractivity contribution in [1.82, 2.24) is 0 Å². The highest BCUT2D eigenvalue weighted by Gasteiger charge is 2.18. The molecule has 0 heterocycles. The van der Waals surface area contributed by atoms with Crippen LogP contribution in [-0.2, 0) is 9.53 Å². The van der Waals surface area contributed by atoms with Gasteiger partial charge in [0.25, 0.3) is 0 Å². The van der Waals surface area contributed by atoms with Gasteiger partial charge in [-0.1, -0.05) is 6.08 Å². The van der Waals surface area contributed by atoms with E-state index in [1.165, 1.54) is 6.92 Å². The molecule has 0 saturated carbocycles. The van der Waals surface area contributed by atoms with Crippen molar-refractivity contribution in [2.45, 2.75) is 24.8 Å². The van der Waals surface area contributed by atoms with Crippen molar-refractivity contribution in [2.24, 2.45) is 0 Å². The van der Waals surface area contributed by atoms with Crippen LogP contribution in [0.1, 0.15) is 13.3 Å². The summed E-state index contributed by atoms with van der Waals surface area (Å²) in [6.07, 6.45) is 4.27. The van der Waals surface area contributed by atoms with Gasteiger partial charge in [-0.15, -0.1) is 11.6 Å². The number of halogens is 1. The van der Waals surface area contributed by atoms with Crippen LogP contribution >= 0.6 is 11.6 Å². The molecule has 56 valence electrons. The predicted octanol–water partition coefficient (Wildman–Crippen LogP) is 1.49. The monoisotopic (exact) mass is 160 g/mol. The van der Waals surface area contributed by atoms with Crippen LogP contribution < -0.4 is 0 Å². The Morgan fingerprint density at radius 2 is 2.40 bits per heavy atom. The Hall–Kier alpha value is -0.500. The summed E-state index contributed by atoms with van der Waals surface area (Å²) in [5.74, 6) is -0.250. The summed E-state index contributed by atoms with van der Waals surface area (Å²) < 4.78 is 4.87. The fraction of sp³-hybridized carbons (Fsp3) is 0.571. The maximum Gasteiger partial charge on any atom is 0.303 e. The molecule has 1 rings (SSSR count). The number of esters is 1. The highest BCUT2D eigenvalue weighted by atomic mass is 35.5. The predicted molar refractivity (Wildman–Crippen MR) is 39.0 cm³/mol. The van der Waals surface area contributed by atoms with E-state index in [1.807, 2.05) is 12.2 Å². The minimum Gasteiger partial charge on any atom is -0.458 e. The zero-order chi connectivity index (χ0) is 7.56. The molecule has 0 fully saturated rings. The van der Waals surface area contributed by atoms with Crippen LogP contribution in [-0.4, -0.2) is 17.5 Å². The lowest BCUT2D eigenvalue weighted by atomic mass is 10.3. The molecule has 0 radical (unpaired) electrons. The van der Waals surface area contributed by atoms with Crippen LogP contribution in [0.3, 0.4) is 0 Å². The van der Waals surface area contributed by atoms with Gasteiger partial charge >= 0.3 is 5.97 Å². The molecule has 2 unspecified atom stereocenters. The molecule has 0 aromatic carbocycles. The second-order valence-electron chi connectivity index (χ2n) is 2.28. The van der Waals surface area contributed by atoms with Crippen molar-refractivity contribution >= 4 is 17.6 Å². The summed E-state index contributed by atoms with van der Waals surface area (Å²) >= 11 is 5.71. The first-order valence-electron chi connectivity index (χ1n) is 3.18. The lowest BCUT2D eigenvalue weighted by Crippen LogP contribution is -2.12. The van der Waals surface area contributed by atoms with Crippen molar-refractivity contribution in [3.63, 3.8) is 0 Å². The second-order valence-corrected chi connectivity index (χ2v) is 2.85. The average Bonchev–Trinajstić information content (AvgIpc) is 2.13. The van der Waals surface area contributed by atoms with Crippen LogP contribution in [0, 0.1) is 0 Å². The molecule has 2 nitrogen and oxygen atoms in total. The van der Waals surface area contributed by atoms with Crippen molar-refractivity contribution in [3.8, 4) is 0 Å². The van der Waals surface area contributed by atoms with E-state index in [2.05, 4.69) is 0 Å². The summed E-state index contributed by atoms with van der Waals surface area (Å²) in [5, 5.41) is 0.0318. The minimum atomic E-state index is -0.250. The maximum atomic E-state index is 10.4. The molecular formula is C7H9ClO2. The Morgan fingerprint density at radius 1 is 1.70 bits per heavy atom. The van der Waals surface area contributed by atoms with E-state index in [4.69, 9.17) is 16.3 Å². The smallest absolute Gasteiger partial charge is 0.303 e. The Balaban J connectivity index is 2.33. The topological polar surface area (TPSA) is 26.3 Å². The summed E-state index contributed by atoms with van der Waals surface area (Å²) in [5.41, 5.74) is 0. The van der Waals surface area contributed by atoms with Gasteiger partial charge in [-0.2, -0.15) is 0 Å². The lowest BCUT2D eigenvalue weighted by molar-refractivity contribution is -0.144. The Labute approximate surface area is 64.8 Å². The number of carbonyl (C=O) groups is 1. The van der Waals surface area contributed by atoms with Crippen molar-refractivity contribution in [2.75, 3.05) is 0 Å². The Bertz CT molecular complexity index is 165. The zero-order valence-electron chi connectivity index (χ0n) is 5.71. The number of rotatable bonds is 1. The van der Waals surface area contributed by atoms with Gasteiger partial charge < -0.3 is 4.74 Å². The number of allylic oxidation sites excluding steroid dienone is 1. The molecule has 0 aromatic rings. The van der Waals surface area contributed by atoms with Crippen LogP contribution in [0.2, 0.25) is 0 Å². The van der Waals surface area contributed by atoms with Gasteiger partial charge in [-0.3, -0.25) is 4.79 Å². The molecule has 0 aliphatic heterocycles. The van der Waals surface area contributed by atoms with E-state index >= 15 is 0 Å². The molecule has 2 atom stereocenters. The van der Waals surface area contributed by atoms with Crippen LogP contribution in [0.15, 0.2) is 12.2 Å². The first-order chi connectivity index (χ1) is 4.68. The molecule has 0 aromatic heterocycles. The average molecular weight is 161 g/mol. The van der Waals surface area contributed by atoms with Crippen molar-refractivity contribution in [1.29, 1.82) is 0 Å². The van der Waals surface area contributed by atoms with Crippen LogP contribution in [0.4, 0.5) is 0 Å². The normalized spacial score (nSPS) is 30.6. The SMILES string of the molecule is CC(=O)OC1C=CC(Cl)C1. The number of ether oxygens (including phenoxy) is 1. The van der Waals surface area contributed by atoms with E-state index in [0.29, 0.717) is 6.42 Å². The van der Waals surface area contributed by atoms with E-state index in [1.54, 1.807) is 0 Å². The summed E-state index contributed by atoms with van der Waals surface area (Å²) in [4.78, 5) is 10.4. The lowest BCUT2D eigenvalue weighted by Gasteiger charge is -2.07. The molecule has 3 heteroatoms. The molecule has 0 N–H and O–H groups in total. The van der Waals surface area contributed by atoms with Gasteiger partial charge in [0.1, 0.15) is 6.10 Å². The van der Waals surface area contributed by atoms with Crippen molar-refractivity contribution < 1.29 is 9.53 Å². The van der Waals surface area contributed by atoms with E-state index in [-0.39, 0.29) is 17.5 Å². The number of hydrogen-bond acceptors (Lipinski definition) is 2. The summed E-state index contributed by atoms with van der Waals surface area (Å²) in [6, 6.07) is 0. The maximum absolute atomic E-state index is 10.4. The molecule has 1 aliphatic rings. The van der Waals surface area contributed by atoms with Crippen molar-refractivity contribution in [3.05, 3.63) is 12.2 Å². The van der Waals surface area contributed by atoms with Gasteiger partial charge in [-0.05, 0) is 6.08 Å². The highest BCUT2D eigenvalue weighted by Crippen LogP contribution is 2.18.